The first-order valence-corrected chi connectivity index (χ1v) is 25.2. The fraction of sp³-hybridized carbons (Fsp3) is 0.922. The zero-order valence-corrected chi connectivity index (χ0v) is 37.9. The van der Waals surface area contributed by atoms with Gasteiger partial charge in [0, 0.05) is 12.8 Å². The summed E-state index contributed by atoms with van der Waals surface area (Å²) in [6.07, 6.45) is 57.3. The number of esters is 2. The van der Waals surface area contributed by atoms with Crippen LogP contribution in [-0.2, 0) is 19.1 Å². The quantitative estimate of drug-likeness (QED) is 0.0378. The Morgan fingerprint density at radius 2 is 0.661 bits per heavy atom. The van der Waals surface area contributed by atoms with E-state index in [0.29, 0.717) is 12.8 Å². The summed E-state index contributed by atoms with van der Waals surface area (Å²) in [5, 5.41) is 9.62. The minimum Gasteiger partial charge on any atom is -0.462 e. The fourth-order valence-electron chi connectivity index (χ4n) is 7.73. The number of rotatable bonds is 47. The highest BCUT2D eigenvalue weighted by atomic mass is 16.6. The van der Waals surface area contributed by atoms with Gasteiger partial charge in [0.15, 0.2) is 6.10 Å². The summed E-state index contributed by atoms with van der Waals surface area (Å²) < 4.78 is 10.7. The van der Waals surface area contributed by atoms with Crippen molar-refractivity contribution in [2.45, 2.75) is 290 Å². The molecule has 1 N–H and O–H groups in total. The van der Waals surface area contributed by atoms with E-state index in [1.54, 1.807) is 0 Å². The van der Waals surface area contributed by atoms with E-state index in [4.69, 9.17) is 9.47 Å². The lowest BCUT2D eigenvalue weighted by Crippen LogP contribution is -2.28. The number of hydrogen-bond acceptors (Lipinski definition) is 5. The zero-order chi connectivity index (χ0) is 40.7. The predicted octanol–water partition coefficient (Wildman–Crippen LogP) is 16.4. The number of ether oxygens (including phenoxy) is 2. The molecular formula is C51H98O5. The van der Waals surface area contributed by atoms with Gasteiger partial charge in [0.25, 0.3) is 0 Å². The van der Waals surface area contributed by atoms with Crippen LogP contribution >= 0.6 is 0 Å². The van der Waals surface area contributed by atoms with E-state index < -0.39 is 6.10 Å². The van der Waals surface area contributed by atoms with Crippen LogP contribution in [0.15, 0.2) is 12.2 Å². The lowest BCUT2D eigenvalue weighted by atomic mass is 10.0. The summed E-state index contributed by atoms with van der Waals surface area (Å²) in [5.74, 6) is -0.572. The van der Waals surface area contributed by atoms with Gasteiger partial charge in [0.05, 0.1) is 6.61 Å². The summed E-state index contributed by atoms with van der Waals surface area (Å²) in [6.45, 7) is 4.18. The molecule has 0 aliphatic heterocycles. The molecule has 0 aromatic heterocycles. The van der Waals surface area contributed by atoms with Crippen LogP contribution in [0, 0.1) is 0 Å². The molecular weight excluding hydrogens is 693 g/mol. The molecule has 332 valence electrons. The number of aliphatic hydroxyl groups excluding tert-OH is 1. The molecule has 56 heavy (non-hydrogen) atoms. The van der Waals surface area contributed by atoms with Crippen LogP contribution in [0.2, 0.25) is 0 Å². The second kappa shape index (κ2) is 48.0. The first-order valence-electron chi connectivity index (χ1n) is 25.2. The summed E-state index contributed by atoms with van der Waals surface area (Å²) in [5.41, 5.74) is 0. The molecule has 0 fully saturated rings. The molecule has 0 radical (unpaired) electrons. The smallest absolute Gasteiger partial charge is 0.306 e. The third kappa shape index (κ3) is 45.3. The zero-order valence-electron chi connectivity index (χ0n) is 37.9. The number of aliphatic hydroxyl groups is 1. The van der Waals surface area contributed by atoms with E-state index in [1.807, 2.05) is 0 Å². The van der Waals surface area contributed by atoms with E-state index in [1.165, 1.54) is 225 Å². The third-order valence-corrected chi connectivity index (χ3v) is 11.6. The van der Waals surface area contributed by atoms with Crippen molar-refractivity contribution in [3.63, 3.8) is 0 Å². The van der Waals surface area contributed by atoms with Gasteiger partial charge >= 0.3 is 11.9 Å². The molecule has 0 aliphatic rings. The van der Waals surface area contributed by atoms with Gasteiger partial charge in [-0.25, -0.2) is 0 Å². The molecule has 0 saturated heterocycles. The van der Waals surface area contributed by atoms with Crippen LogP contribution < -0.4 is 0 Å². The summed E-state index contributed by atoms with van der Waals surface area (Å²) >= 11 is 0. The lowest BCUT2D eigenvalue weighted by Gasteiger charge is -2.15. The van der Waals surface area contributed by atoms with E-state index >= 15 is 0 Å². The van der Waals surface area contributed by atoms with Gasteiger partial charge in [-0.3, -0.25) is 9.59 Å². The maximum Gasteiger partial charge on any atom is 0.306 e. The molecule has 5 nitrogen and oxygen atoms in total. The Morgan fingerprint density at radius 3 is 0.964 bits per heavy atom. The number of carbonyl (C=O) groups is 2. The SMILES string of the molecule is CCCCCCCCC=CCCCCCCCCCCCCCC(=O)O[C@@H](CO)COC(=O)CCCCCCCCCCCCCCCCCCCCCCC. The van der Waals surface area contributed by atoms with Gasteiger partial charge < -0.3 is 14.6 Å². The molecule has 0 bridgehead atoms. The maximum absolute atomic E-state index is 12.3. The minimum absolute atomic E-state index is 0.0588. The third-order valence-electron chi connectivity index (χ3n) is 11.6. The van der Waals surface area contributed by atoms with Crippen LogP contribution in [0.3, 0.4) is 0 Å². The van der Waals surface area contributed by atoms with E-state index in [2.05, 4.69) is 26.0 Å². The van der Waals surface area contributed by atoms with Crippen LogP contribution in [0.1, 0.15) is 284 Å². The molecule has 0 spiro atoms. The van der Waals surface area contributed by atoms with Gasteiger partial charge in [-0.05, 0) is 38.5 Å². The minimum atomic E-state index is -0.766. The summed E-state index contributed by atoms with van der Waals surface area (Å²) in [4.78, 5) is 24.4. The van der Waals surface area contributed by atoms with Gasteiger partial charge in [0.1, 0.15) is 6.61 Å². The first-order chi connectivity index (χ1) is 27.6. The summed E-state index contributed by atoms with van der Waals surface area (Å²) in [7, 11) is 0. The monoisotopic (exact) mass is 791 g/mol. The molecule has 0 unspecified atom stereocenters. The second-order valence-corrected chi connectivity index (χ2v) is 17.3. The van der Waals surface area contributed by atoms with Crippen molar-refractivity contribution in [3.8, 4) is 0 Å². The number of hydrogen-bond donors (Lipinski definition) is 1. The Kier molecular flexibility index (Phi) is 46.8. The highest BCUT2D eigenvalue weighted by Crippen LogP contribution is 2.17. The Bertz CT molecular complexity index is 810. The highest BCUT2D eigenvalue weighted by Gasteiger charge is 2.16. The van der Waals surface area contributed by atoms with Crippen molar-refractivity contribution >= 4 is 11.9 Å². The largest absolute Gasteiger partial charge is 0.462 e. The van der Waals surface area contributed by atoms with E-state index in [9.17, 15) is 14.7 Å². The van der Waals surface area contributed by atoms with Crippen molar-refractivity contribution in [1.82, 2.24) is 0 Å². The van der Waals surface area contributed by atoms with Crippen LogP contribution in [0.4, 0.5) is 0 Å². The molecule has 1 atom stereocenters. The Labute approximate surface area is 350 Å². The van der Waals surface area contributed by atoms with Crippen LogP contribution in [-0.4, -0.2) is 36.4 Å². The highest BCUT2D eigenvalue weighted by molar-refractivity contribution is 5.70. The average Bonchev–Trinajstić information content (AvgIpc) is 3.20. The molecule has 0 aromatic carbocycles. The van der Waals surface area contributed by atoms with Crippen molar-refractivity contribution in [3.05, 3.63) is 12.2 Å². The number of allylic oxidation sites excluding steroid dienone is 2. The van der Waals surface area contributed by atoms with Crippen LogP contribution in [0.5, 0.6) is 0 Å². The Balaban J connectivity index is 3.44. The average molecular weight is 791 g/mol. The maximum atomic E-state index is 12.3. The molecule has 0 amide bonds. The van der Waals surface area contributed by atoms with Crippen LogP contribution in [0.25, 0.3) is 0 Å². The Morgan fingerprint density at radius 1 is 0.393 bits per heavy atom. The molecule has 0 rings (SSSR count). The second-order valence-electron chi connectivity index (χ2n) is 17.3. The van der Waals surface area contributed by atoms with Crippen molar-refractivity contribution in [2.24, 2.45) is 0 Å². The number of unbranched alkanes of at least 4 members (excludes halogenated alkanes) is 37. The summed E-state index contributed by atoms with van der Waals surface area (Å²) in [6, 6.07) is 0. The topological polar surface area (TPSA) is 72.8 Å². The van der Waals surface area contributed by atoms with Gasteiger partial charge in [0.2, 0.25) is 0 Å². The molecule has 5 heteroatoms. The van der Waals surface area contributed by atoms with Crippen molar-refractivity contribution in [2.75, 3.05) is 13.2 Å². The fourth-order valence-corrected chi connectivity index (χ4v) is 7.73. The van der Waals surface area contributed by atoms with E-state index in [0.717, 1.165) is 32.1 Å². The Hall–Kier alpha value is -1.36. The van der Waals surface area contributed by atoms with Gasteiger partial charge in [-0.1, -0.05) is 244 Å². The number of carbonyl (C=O) groups excluding carboxylic acids is 2. The molecule has 0 heterocycles. The lowest BCUT2D eigenvalue weighted by molar-refractivity contribution is -0.161. The van der Waals surface area contributed by atoms with Crippen molar-refractivity contribution < 1.29 is 24.2 Å². The predicted molar refractivity (Wildman–Crippen MR) is 242 cm³/mol. The van der Waals surface area contributed by atoms with Gasteiger partial charge in [-0.2, -0.15) is 0 Å². The van der Waals surface area contributed by atoms with E-state index in [-0.39, 0.29) is 25.2 Å². The molecule has 0 saturated carbocycles. The normalized spacial score (nSPS) is 12.1. The molecule has 0 aromatic rings. The van der Waals surface area contributed by atoms with Gasteiger partial charge in [-0.15, -0.1) is 0 Å². The first kappa shape index (κ1) is 54.6. The van der Waals surface area contributed by atoms with Crippen molar-refractivity contribution in [1.29, 1.82) is 0 Å². The standard InChI is InChI=1S/C51H98O5/c1-3-5-7-9-11-13-15-17-19-21-23-25-27-29-31-33-35-37-39-41-43-45-50(53)55-48-49(47-52)56-51(54)46-44-42-40-38-36-34-32-30-28-26-24-22-20-18-16-14-12-10-8-6-4-2/h18,20,49,52H,3-17,19,21-48H2,1-2H3/t49-/m0/s1. The molecule has 0 aliphatic carbocycles.